The molecule has 3 rings (SSSR count). The molecule has 0 saturated carbocycles. The third kappa shape index (κ3) is 4.54. The van der Waals surface area contributed by atoms with Crippen LogP contribution < -0.4 is 14.9 Å². The van der Waals surface area contributed by atoms with E-state index >= 15 is 0 Å². The van der Waals surface area contributed by atoms with Crippen LogP contribution in [0.15, 0.2) is 53.6 Å². The molecule has 0 unspecified atom stereocenters. The molecule has 1 aromatic heterocycles. The van der Waals surface area contributed by atoms with E-state index in [1.807, 2.05) is 30.3 Å². The number of methoxy groups -OCH3 is 1. The molecule has 1 amide bonds. The van der Waals surface area contributed by atoms with Crippen molar-refractivity contribution in [2.75, 3.05) is 13.7 Å². The molecular weight excluding hydrogens is 343 g/mol. The number of hydrogen-bond donors (Lipinski definition) is 1. The van der Waals surface area contributed by atoms with Crippen molar-refractivity contribution in [3.8, 4) is 11.5 Å². The predicted molar refractivity (Wildman–Crippen MR) is 96.0 cm³/mol. The Morgan fingerprint density at radius 1 is 1.16 bits per heavy atom. The summed E-state index contributed by atoms with van der Waals surface area (Å²) in [6.45, 7) is -0.169. The van der Waals surface area contributed by atoms with Crippen molar-refractivity contribution in [2.45, 2.75) is 0 Å². The predicted octanol–water partition coefficient (Wildman–Crippen LogP) is 3.58. The van der Waals surface area contributed by atoms with E-state index in [0.717, 1.165) is 27.9 Å². The van der Waals surface area contributed by atoms with Gasteiger partial charge in [-0.2, -0.15) is 9.49 Å². The first-order chi connectivity index (χ1) is 12.1. The van der Waals surface area contributed by atoms with E-state index in [1.165, 1.54) is 12.3 Å². The molecule has 1 heterocycles. The van der Waals surface area contributed by atoms with Crippen LogP contribution in [0.25, 0.3) is 10.8 Å². The van der Waals surface area contributed by atoms with Crippen molar-refractivity contribution in [1.82, 2.24) is 5.43 Å². The fraction of sp³-hybridized carbons (Fsp3) is 0.111. The quantitative estimate of drug-likeness (QED) is 0.541. The second-order valence-electron chi connectivity index (χ2n) is 5.10. The molecule has 3 aromatic rings. The molecule has 0 fully saturated rings. The van der Waals surface area contributed by atoms with Gasteiger partial charge in [0.15, 0.2) is 11.7 Å². The number of nitrogens with zero attached hydrogens (tertiary/aromatic N) is 1. The lowest BCUT2D eigenvalue weighted by Gasteiger charge is -2.07. The Morgan fingerprint density at radius 3 is 2.56 bits per heavy atom. The smallest absolute Gasteiger partial charge is 0.277 e. The average Bonchev–Trinajstić information content (AvgIpc) is 3.04. The van der Waals surface area contributed by atoms with Crippen molar-refractivity contribution >= 4 is 34.2 Å². The van der Waals surface area contributed by atoms with Gasteiger partial charge in [0.2, 0.25) is 0 Å². The molecule has 0 aliphatic rings. The van der Waals surface area contributed by atoms with Gasteiger partial charge >= 0.3 is 0 Å². The van der Waals surface area contributed by atoms with Crippen LogP contribution >= 0.6 is 11.3 Å². The van der Waals surface area contributed by atoms with Gasteiger partial charge in [-0.3, -0.25) is 4.79 Å². The second-order valence-corrected chi connectivity index (χ2v) is 6.16. The first kappa shape index (κ1) is 16.9. The summed E-state index contributed by atoms with van der Waals surface area (Å²) in [5, 5.41) is 5.46. The molecule has 128 valence electrons. The first-order valence-electron chi connectivity index (χ1n) is 7.42. The van der Waals surface area contributed by atoms with E-state index < -0.39 is 5.91 Å². The fourth-order valence-electron chi connectivity index (χ4n) is 2.17. The molecule has 0 atom stereocenters. The van der Waals surface area contributed by atoms with Crippen molar-refractivity contribution in [2.24, 2.45) is 5.10 Å². The van der Waals surface area contributed by atoms with Crippen LogP contribution in [0.3, 0.4) is 0 Å². The Morgan fingerprint density at radius 2 is 1.88 bits per heavy atom. The summed E-state index contributed by atoms with van der Waals surface area (Å²) >= 11 is 0.946. The molecular formula is C18H15FN2O3S. The van der Waals surface area contributed by atoms with E-state index in [1.54, 1.807) is 19.2 Å². The number of amides is 1. The highest BCUT2D eigenvalue weighted by atomic mass is 32.1. The fourth-order valence-corrected chi connectivity index (χ4v) is 2.77. The SMILES string of the molecule is COc1ccc2cc(OCC(=O)N/N=C\c3ccc(F)s3)ccc2c1. The molecule has 7 heteroatoms. The highest BCUT2D eigenvalue weighted by Gasteiger charge is 2.04. The highest BCUT2D eigenvalue weighted by molar-refractivity contribution is 7.12. The molecule has 0 aliphatic heterocycles. The summed E-state index contributed by atoms with van der Waals surface area (Å²) in [6, 6.07) is 14.2. The standard InChI is InChI=1S/C18H15FN2O3S/c1-23-14-4-2-13-9-15(5-3-12(13)8-14)24-11-18(22)21-20-10-16-6-7-17(19)25-16/h2-10H,11H2,1H3,(H,21,22)/b20-10-. The molecule has 0 saturated heterocycles. The Kier molecular flexibility index (Phi) is 5.25. The van der Waals surface area contributed by atoms with Crippen molar-refractivity contribution in [3.63, 3.8) is 0 Å². The summed E-state index contributed by atoms with van der Waals surface area (Å²) in [7, 11) is 1.62. The van der Waals surface area contributed by atoms with Gasteiger partial charge in [-0.15, -0.1) is 11.3 Å². The molecule has 0 aliphatic carbocycles. The lowest BCUT2D eigenvalue weighted by atomic mass is 10.1. The number of thiophene rings is 1. The van der Waals surface area contributed by atoms with E-state index in [-0.39, 0.29) is 11.7 Å². The van der Waals surface area contributed by atoms with E-state index in [9.17, 15) is 9.18 Å². The molecule has 1 N–H and O–H groups in total. The molecule has 0 spiro atoms. The van der Waals surface area contributed by atoms with Gasteiger partial charge in [0.1, 0.15) is 11.5 Å². The lowest BCUT2D eigenvalue weighted by Crippen LogP contribution is -2.24. The number of benzene rings is 2. The van der Waals surface area contributed by atoms with E-state index in [0.29, 0.717) is 10.6 Å². The molecule has 0 radical (unpaired) electrons. The zero-order valence-electron chi connectivity index (χ0n) is 13.4. The van der Waals surface area contributed by atoms with E-state index in [2.05, 4.69) is 10.5 Å². The number of hydrogen-bond acceptors (Lipinski definition) is 5. The third-order valence-electron chi connectivity index (χ3n) is 3.36. The van der Waals surface area contributed by atoms with Crippen LogP contribution in [0.5, 0.6) is 11.5 Å². The maximum Gasteiger partial charge on any atom is 0.277 e. The number of halogens is 1. The number of ether oxygens (including phenoxy) is 2. The van der Waals surface area contributed by atoms with Gasteiger partial charge in [-0.1, -0.05) is 12.1 Å². The van der Waals surface area contributed by atoms with Crippen LogP contribution in [0.1, 0.15) is 4.88 Å². The normalized spacial score (nSPS) is 11.0. The Labute approximate surface area is 147 Å². The first-order valence-corrected chi connectivity index (χ1v) is 8.23. The van der Waals surface area contributed by atoms with Gasteiger partial charge < -0.3 is 9.47 Å². The van der Waals surface area contributed by atoms with Gasteiger partial charge in [0.05, 0.1) is 18.2 Å². The van der Waals surface area contributed by atoms with Gasteiger partial charge in [0.25, 0.3) is 5.91 Å². The van der Waals surface area contributed by atoms with Gasteiger partial charge in [-0.05, 0) is 47.2 Å². The second kappa shape index (κ2) is 7.76. The summed E-state index contributed by atoms with van der Waals surface area (Å²) in [5.41, 5.74) is 2.34. The van der Waals surface area contributed by atoms with Crippen LogP contribution in [0.2, 0.25) is 0 Å². The van der Waals surface area contributed by atoms with Crippen molar-refractivity contribution in [1.29, 1.82) is 0 Å². The van der Waals surface area contributed by atoms with Crippen LogP contribution in [-0.2, 0) is 4.79 Å². The Bertz CT molecular complexity index is 924. The highest BCUT2D eigenvalue weighted by Crippen LogP contribution is 2.24. The topological polar surface area (TPSA) is 59.9 Å². The number of carbonyl (C=O) groups is 1. The number of nitrogens with one attached hydrogen (secondary N) is 1. The van der Waals surface area contributed by atoms with Crippen molar-refractivity contribution in [3.05, 3.63) is 58.5 Å². The number of fused-ring (bicyclic) bond motifs is 1. The van der Waals surface area contributed by atoms with Crippen LogP contribution in [0.4, 0.5) is 4.39 Å². The Hall–Kier alpha value is -2.93. The average molecular weight is 358 g/mol. The van der Waals surface area contributed by atoms with Crippen LogP contribution in [-0.4, -0.2) is 25.8 Å². The summed E-state index contributed by atoms with van der Waals surface area (Å²) in [5.74, 6) is 0.962. The molecule has 0 bridgehead atoms. The number of hydrazone groups is 1. The maximum absolute atomic E-state index is 12.8. The maximum atomic E-state index is 12.8. The lowest BCUT2D eigenvalue weighted by molar-refractivity contribution is -0.123. The number of carbonyl (C=O) groups excluding carboxylic acids is 1. The van der Waals surface area contributed by atoms with Crippen LogP contribution in [0, 0.1) is 5.13 Å². The van der Waals surface area contributed by atoms with Gasteiger partial charge in [0, 0.05) is 0 Å². The largest absolute Gasteiger partial charge is 0.497 e. The summed E-state index contributed by atoms with van der Waals surface area (Å²) in [6.07, 6.45) is 1.38. The summed E-state index contributed by atoms with van der Waals surface area (Å²) < 4.78 is 23.5. The van der Waals surface area contributed by atoms with Crippen molar-refractivity contribution < 1.29 is 18.7 Å². The van der Waals surface area contributed by atoms with E-state index in [4.69, 9.17) is 9.47 Å². The zero-order chi connectivity index (χ0) is 17.6. The molecule has 5 nitrogen and oxygen atoms in total. The van der Waals surface area contributed by atoms with Gasteiger partial charge in [-0.25, -0.2) is 5.43 Å². The monoisotopic (exact) mass is 358 g/mol. The zero-order valence-corrected chi connectivity index (χ0v) is 14.2. The third-order valence-corrected chi connectivity index (χ3v) is 4.17. The molecule has 25 heavy (non-hydrogen) atoms. The minimum absolute atomic E-state index is 0.169. The number of rotatable bonds is 6. The summed E-state index contributed by atoms with van der Waals surface area (Å²) in [4.78, 5) is 12.3. The minimum atomic E-state index is -0.400. The Balaban J connectivity index is 1.54. The molecule has 2 aromatic carbocycles. The minimum Gasteiger partial charge on any atom is -0.497 e.